The summed E-state index contributed by atoms with van der Waals surface area (Å²) in [6.07, 6.45) is -0.211. The second kappa shape index (κ2) is 9.91. The summed E-state index contributed by atoms with van der Waals surface area (Å²) in [5, 5.41) is 10.5. The lowest BCUT2D eigenvalue weighted by Gasteiger charge is -2.18. The molecule has 7 heteroatoms. The number of ether oxygens (including phenoxy) is 1. The lowest BCUT2D eigenvalue weighted by molar-refractivity contribution is 0.106. The van der Waals surface area contributed by atoms with Gasteiger partial charge in [-0.25, -0.2) is 9.38 Å². The van der Waals surface area contributed by atoms with E-state index in [4.69, 9.17) is 9.26 Å². The first-order valence-corrected chi connectivity index (χ1v) is 8.79. The van der Waals surface area contributed by atoms with Gasteiger partial charge in [0.1, 0.15) is 12.4 Å². The molecule has 1 aromatic heterocycles. The van der Waals surface area contributed by atoms with Gasteiger partial charge in [0.15, 0.2) is 11.7 Å². The molecule has 0 aliphatic heterocycles. The highest BCUT2D eigenvalue weighted by molar-refractivity contribution is 5.79. The van der Waals surface area contributed by atoms with E-state index in [2.05, 4.69) is 34.6 Å². The number of guanidine groups is 1. The maximum absolute atomic E-state index is 13.1. The van der Waals surface area contributed by atoms with Crippen LogP contribution in [0.25, 0.3) is 0 Å². The number of hydrogen-bond donors (Lipinski definition) is 2. The van der Waals surface area contributed by atoms with Crippen LogP contribution in [0.3, 0.4) is 0 Å². The molecule has 2 aromatic rings. The van der Waals surface area contributed by atoms with Crippen LogP contribution in [0.15, 0.2) is 39.8 Å². The third-order valence-electron chi connectivity index (χ3n) is 3.89. The van der Waals surface area contributed by atoms with Gasteiger partial charge in [-0.1, -0.05) is 31.1 Å². The molecule has 0 fully saturated rings. The number of aromatic nitrogens is 1. The average Bonchev–Trinajstić information content (AvgIpc) is 3.11. The maximum atomic E-state index is 13.1. The summed E-state index contributed by atoms with van der Waals surface area (Å²) in [4.78, 5) is 4.52. The molecule has 0 aliphatic rings. The Morgan fingerprint density at radius 3 is 2.58 bits per heavy atom. The van der Waals surface area contributed by atoms with Crippen molar-refractivity contribution in [1.29, 1.82) is 0 Å². The van der Waals surface area contributed by atoms with Crippen LogP contribution in [-0.2, 0) is 11.3 Å². The van der Waals surface area contributed by atoms with Gasteiger partial charge in [-0.05, 0) is 30.5 Å². The average molecular weight is 362 g/mol. The highest BCUT2D eigenvalue weighted by atomic mass is 19.1. The van der Waals surface area contributed by atoms with Gasteiger partial charge < -0.3 is 19.9 Å². The first-order valence-electron chi connectivity index (χ1n) is 8.79. The summed E-state index contributed by atoms with van der Waals surface area (Å²) in [6, 6.07) is 8.22. The molecular weight excluding hydrogens is 335 g/mol. The fraction of sp³-hybridized carbons (Fsp3) is 0.474. The smallest absolute Gasteiger partial charge is 0.191 e. The van der Waals surface area contributed by atoms with Crippen LogP contribution >= 0.6 is 0 Å². The van der Waals surface area contributed by atoms with Crippen molar-refractivity contribution < 1.29 is 13.7 Å². The van der Waals surface area contributed by atoms with Crippen LogP contribution in [0.4, 0.5) is 4.39 Å². The molecule has 142 valence electrons. The fourth-order valence-electron chi connectivity index (χ4n) is 2.38. The number of halogens is 1. The molecule has 0 radical (unpaired) electrons. The van der Waals surface area contributed by atoms with Crippen molar-refractivity contribution in [1.82, 2.24) is 15.8 Å². The molecule has 0 amide bonds. The molecular formula is C19H27FN4O2. The summed E-state index contributed by atoms with van der Waals surface area (Å²) >= 11 is 0. The highest BCUT2D eigenvalue weighted by Gasteiger charge is 2.12. The normalized spacial score (nSPS) is 13.1. The van der Waals surface area contributed by atoms with Crippen LogP contribution in [0.1, 0.15) is 49.8 Å². The molecule has 2 rings (SSSR count). The van der Waals surface area contributed by atoms with Gasteiger partial charge in [-0.2, -0.15) is 0 Å². The van der Waals surface area contributed by atoms with Gasteiger partial charge in [0, 0.05) is 26.3 Å². The number of aliphatic imine (C=N–C) groups is 1. The lowest BCUT2D eigenvalue weighted by Crippen LogP contribution is -2.39. The van der Waals surface area contributed by atoms with Gasteiger partial charge >= 0.3 is 0 Å². The molecule has 1 unspecified atom stereocenters. The van der Waals surface area contributed by atoms with Crippen molar-refractivity contribution in [2.75, 3.05) is 20.2 Å². The Morgan fingerprint density at radius 2 is 2.00 bits per heavy atom. The van der Waals surface area contributed by atoms with E-state index >= 15 is 0 Å². The molecule has 1 aromatic carbocycles. The van der Waals surface area contributed by atoms with Crippen molar-refractivity contribution in [2.45, 2.75) is 39.3 Å². The molecule has 0 bridgehead atoms. The predicted molar refractivity (Wildman–Crippen MR) is 99.6 cm³/mol. The maximum Gasteiger partial charge on any atom is 0.191 e. The van der Waals surface area contributed by atoms with E-state index in [-0.39, 0.29) is 11.9 Å². The standard InChI is InChI=1S/C19H27FN4O2/c1-5-21-19(22-11-16-10-17(13(2)3)24-26-16)23-12-18(25-4)14-6-8-15(20)9-7-14/h6-10,13,18H,5,11-12H2,1-4H3,(H2,21,22,23). The predicted octanol–water partition coefficient (Wildman–Crippen LogP) is 3.38. The number of benzene rings is 1. The fourth-order valence-corrected chi connectivity index (χ4v) is 2.38. The third kappa shape index (κ3) is 5.84. The van der Waals surface area contributed by atoms with Gasteiger partial charge in [0.05, 0.1) is 11.8 Å². The SMILES string of the molecule is CCNC(=NCc1cc(C(C)C)no1)NCC(OC)c1ccc(F)cc1. The van der Waals surface area contributed by atoms with Crippen LogP contribution in [0.2, 0.25) is 0 Å². The van der Waals surface area contributed by atoms with Crippen molar-refractivity contribution >= 4 is 5.96 Å². The van der Waals surface area contributed by atoms with Crippen molar-refractivity contribution in [3.8, 4) is 0 Å². The van der Waals surface area contributed by atoms with E-state index in [1.165, 1.54) is 12.1 Å². The minimum Gasteiger partial charge on any atom is -0.375 e. The lowest BCUT2D eigenvalue weighted by atomic mass is 10.1. The summed E-state index contributed by atoms with van der Waals surface area (Å²) in [5.41, 5.74) is 1.82. The van der Waals surface area contributed by atoms with E-state index < -0.39 is 0 Å². The Hall–Kier alpha value is -2.41. The molecule has 2 N–H and O–H groups in total. The van der Waals surface area contributed by atoms with E-state index in [0.717, 1.165) is 17.8 Å². The third-order valence-corrected chi connectivity index (χ3v) is 3.89. The first-order chi connectivity index (χ1) is 12.5. The summed E-state index contributed by atoms with van der Waals surface area (Å²) in [6.45, 7) is 7.75. The number of hydrogen-bond acceptors (Lipinski definition) is 4. The van der Waals surface area contributed by atoms with E-state index in [1.807, 2.05) is 13.0 Å². The number of methoxy groups -OCH3 is 1. The molecule has 1 heterocycles. The Morgan fingerprint density at radius 1 is 1.27 bits per heavy atom. The van der Waals surface area contributed by atoms with Crippen molar-refractivity contribution in [3.63, 3.8) is 0 Å². The Bertz CT molecular complexity index is 698. The van der Waals surface area contributed by atoms with Crippen LogP contribution < -0.4 is 10.6 Å². The number of nitrogens with one attached hydrogen (secondary N) is 2. The molecule has 6 nitrogen and oxygen atoms in total. The van der Waals surface area contributed by atoms with Gasteiger partial charge in [-0.3, -0.25) is 0 Å². The Labute approximate surface area is 153 Å². The molecule has 0 saturated carbocycles. The van der Waals surface area contributed by atoms with Crippen LogP contribution in [-0.4, -0.2) is 31.3 Å². The minimum absolute atomic E-state index is 0.211. The van der Waals surface area contributed by atoms with E-state index in [0.29, 0.717) is 30.7 Å². The Balaban J connectivity index is 1.98. The minimum atomic E-state index is -0.265. The van der Waals surface area contributed by atoms with Crippen LogP contribution in [0.5, 0.6) is 0 Å². The summed E-state index contributed by atoms with van der Waals surface area (Å²) < 4.78 is 23.9. The quantitative estimate of drug-likeness (QED) is 0.556. The van der Waals surface area contributed by atoms with Gasteiger partial charge in [-0.15, -0.1) is 0 Å². The van der Waals surface area contributed by atoms with E-state index in [9.17, 15) is 4.39 Å². The van der Waals surface area contributed by atoms with Gasteiger partial charge in [0.25, 0.3) is 0 Å². The Kier molecular flexibility index (Phi) is 7.59. The summed E-state index contributed by atoms with van der Waals surface area (Å²) in [7, 11) is 1.63. The first kappa shape index (κ1) is 19.9. The van der Waals surface area contributed by atoms with Gasteiger partial charge in [0.2, 0.25) is 0 Å². The molecule has 0 saturated heterocycles. The monoisotopic (exact) mass is 362 g/mol. The molecule has 26 heavy (non-hydrogen) atoms. The van der Waals surface area contributed by atoms with Crippen molar-refractivity contribution in [2.24, 2.45) is 4.99 Å². The zero-order valence-corrected chi connectivity index (χ0v) is 15.8. The van der Waals surface area contributed by atoms with Crippen LogP contribution in [0, 0.1) is 5.82 Å². The molecule has 0 spiro atoms. The largest absolute Gasteiger partial charge is 0.375 e. The number of nitrogens with zero attached hydrogens (tertiary/aromatic N) is 2. The second-order valence-corrected chi connectivity index (χ2v) is 6.22. The summed E-state index contributed by atoms with van der Waals surface area (Å²) in [5.74, 6) is 1.42. The zero-order chi connectivity index (χ0) is 18.9. The second-order valence-electron chi connectivity index (χ2n) is 6.22. The molecule has 1 atom stereocenters. The molecule has 0 aliphatic carbocycles. The van der Waals surface area contributed by atoms with E-state index in [1.54, 1.807) is 19.2 Å². The van der Waals surface area contributed by atoms with Crippen molar-refractivity contribution in [3.05, 3.63) is 53.2 Å². The number of rotatable bonds is 8. The topological polar surface area (TPSA) is 71.7 Å². The zero-order valence-electron chi connectivity index (χ0n) is 15.8. The highest BCUT2D eigenvalue weighted by Crippen LogP contribution is 2.16.